The zero-order valence-corrected chi connectivity index (χ0v) is 20.7. The molecule has 174 valence electrons. The summed E-state index contributed by atoms with van der Waals surface area (Å²) >= 11 is 0. The number of carbonyl (C=O) groups is 3. The van der Waals surface area contributed by atoms with Crippen molar-refractivity contribution in [3.63, 3.8) is 0 Å². The summed E-state index contributed by atoms with van der Waals surface area (Å²) in [4.78, 5) is 36.8. The molecule has 30 heavy (non-hydrogen) atoms. The van der Waals surface area contributed by atoms with Gasteiger partial charge in [0.25, 0.3) is 0 Å². The minimum atomic E-state index is -0.438. The number of benzene rings is 1. The van der Waals surface area contributed by atoms with E-state index in [9.17, 15) is 14.4 Å². The first kappa shape index (κ1) is 32.3. The monoisotopic (exact) mass is 425 g/mol. The fourth-order valence-electron chi connectivity index (χ4n) is 1.89. The van der Waals surface area contributed by atoms with Gasteiger partial charge >= 0.3 is 6.03 Å². The average molecular weight is 426 g/mol. The van der Waals surface area contributed by atoms with Gasteiger partial charge in [-0.3, -0.25) is 19.8 Å². The summed E-state index contributed by atoms with van der Waals surface area (Å²) in [5.41, 5.74) is 1.57. The topological polar surface area (TPSA) is 79.0 Å². The number of aryl methyl sites for hydroxylation is 1. The highest BCUT2D eigenvalue weighted by Gasteiger charge is 2.25. The maximum Gasteiger partial charge on any atom is 0.328 e. The van der Waals surface area contributed by atoms with Crippen molar-refractivity contribution in [2.75, 3.05) is 38.7 Å². The Kier molecular flexibility index (Phi) is 22.9. The van der Waals surface area contributed by atoms with E-state index in [0.29, 0.717) is 24.3 Å². The first-order valence-electron chi connectivity index (χ1n) is 10.8. The van der Waals surface area contributed by atoms with Crippen LogP contribution in [-0.2, 0) is 9.59 Å². The Morgan fingerprint density at radius 3 is 2.07 bits per heavy atom. The molecule has 2 rings (SSSR count). The van der Waals surface area contributed by atoms with Gasteiger partial charge in [-0.05, 0) is 39.2 Å². The summed E-state index contributed by atoms with van der Waals surface area (Å²) in [5.74, 6) is 0.240. The number of nitrogens with one attached hydrogen (secondary N) is 1. The third-order valence-corrected chi connectivity index (χ3v) is 3.48. The SMILES string of the molecule is CC.CC.CC.CCN(C)C.Cc1ccc(OCC=O)cc1N1CCC(=O)NC1=O. The molecule has 1 aliphatic rings. The molecule has 0 spiro atoms. The molecule has 1 N–H and O–H groups in total. The molecule has 0 unspecified atom stereocenters. The number of hydrogen-bond donors (Lipinski definition) is 1. The third-order valence-electron chi connectivity index (χ3n) is 3.48. The summed E-state index contributed by atoms with van der Waals surface area (Å²) < 4.78 is 5.20. The Hall–Kier alpha value is -2.41. The molecule has 0 bridgehead atoms. The minimum absolute atomic E-state index is 0.0345. The average Bonchev–Trinajstić information content (AvgIpc) is 2.78. The van der Waals surface area contributed by atoms with E-state index in [2.05, 4.69) is 31.2 Å². The smallest absolute Gasteiger partial charge is 0.328 e. The van der Waals surface area contributed by atoms with Gasteiger partial charge in [0.15, 0.2) is 6.29 Å². The second kappa shape index (κ2) is 21.3. The fraction of sp³-hybridized carbons (Fsp3) is 0.609. The number of anilines is 1. The molecule has 0 saturated carbocycles. The molecule has 0 aromatic heterocycles. The highest BCUT2D eigenvalue weighted by molar-refractivity contribution is 6.06. The van der Waals surface area contributed by atoms with Crippen molar-refractivity contribution in [1.29, 1.82) is 0 Å². The van der Waals surface area contributed by atoms with Gasteiger partial charge in [-0.25, -0.2) is 4.79 Å². The van der Waals surface area contributed by atoms with Crippen LogP contribution in [0, 0.1) is 6.92 Å². The van der Waals surface area contributed by atoms with Gasteiger partial charge in [-0.2, -0.15) is 0 Å². The molecule has 7 nitrogen and oxygen atoms in total. The molecule has 1 fully saturated rings. The molecular weight excluding hydrogens is 382 g/mol. The molecule has 0 atom stereocenters. The van der Waals surface area contributed by atoms with E-state index in [0.717, 1.165) is 12.1 Å². The lowest BCUT2D eigenvalue weighted by Crippen LogP contribution is -2.49. The highest BCUT2D eigenvalue weighted by Crippen LogP contribution is 2.27. The molecule has 0 radical (unpaired) electrons. The van der Waals surface area contributed by atoms with E-state index >= 15 is 0 Å². The van der Waals surface area contributed by atoms with Crippen LogP contribution in [0.5, 0.6) is 5.75 Å². The van der Waals surface area contributed by atoms with Gasteiger partial charge in [0.05, 0.1) is 5.69 Å². The molecular formula is C23H43N3O4. The van der Waals surface area contributed by atoms with Crippen molar-refractivity contribution < 1.29 is 19.1 Å². The molecule has 7 heteroatoms. The van der Waals surface area contributed by atoms with Gasteiger partial charge in [-0.1, -0.05) is 54.5 Å². The normalized spacial score (nSPS) is 11.8. The Balaban J connectivity index is -0.000000563. The number of urea groups is 1. The zero-order chi connectivity index (χ0) is 24.1. The molecule has 3 amide bonds. The molecule has 1 saturated heterocycles. The lowest BCUT2D eigenvalue weighted by molar-refractivity contribution is -0.120. The summed E-state index contributed by atoms with van der Waals surface area (Å²) in [7, 11) is 4.11. The highest BCUT2D eigenvalue weighted by atomic mass is 16.5. The largest absolute Gasteiger partial charge is 0.486 e. The van der Waals surface area contributed by atoms with Crippen LogP contribution in [-0.4, -0.2) is 56.9 Å². The minimum Gasteiger partial charge on any atom is -0.486 e. The third kappa shape index (κ3) is 13.7. The van der Waals surface area contributed by atoms with E-state index in [-0.39, 0.29) is 18.9 Å². The van der Waals surface area contributed by atoms with Crippen molar-refractivity contribution >= 4 is 23.9 Å². The Labute approximate surface area is 183 Å². The van der Waals surface area contributed by atoms with Crippen LogP contribution >= 0.6 is 0 Å². The molecule has 1 aromatic rings. The maximum atomic E-state index is 11.8. The van der Waals surface area contributed by atoms with Crippen LogP contribution in [0.1, 0.15) is 60.5 Å². The van der Waals surface area contributed by atoms with E-state index in [4.69, 9.17) is 4.74 Å². The van der Waals surface area contributed by atoms with Gasteiger partial charge in [-0.15, -0.1) is 0 Å². The van der Waals surface area contributed by atoms with Crippen molar-refractivity contribution in [3.8, 4) is 5.75 Å². The Morgan fingerprint density at radius 1 is 1.10 bits per heavy atom. The predicted octanol–water partition coefficient (Wildman–Crippen LogP) is 4.67. The van der Waals surface area contributed by atoms with Gasteiger partial charge in [0, 0.05) is 19.0 Å². The number of amides is 3. The Bertz CT molecular complexity index is 590. The second-order valence-corrected chi connectivity index (χ2v) is 5.58. The van der Waals surface area contributed by atoms with Crippen molar-refractivity contribution in [2.45, 2.75) is 61.8 Å². The van der Waals surface area contributed by atoms with E-state index in [1.54, 1.807) is 18.2 Å². The van der Waals surface area contributed by atoms with Crippen LogP contribution in [0.2, 0.25) is 0 Å². The maximum absolute atomic E-state index is 11.8. The number of ether oxygens (including phenoxy) is 1. The lowest BCUT2D eigenvalue weighted by Gasteiger charge is -2.28. The fourth-order valence-corrected chi connectivity index (χ4v) is 1.89. The summed E-state index contributed by atoms with van der Waals surface area (Å²) in [6.07, 6.45) is 0.927. The first-order valence-corrected chi connectivity index (χ1v) is 10.8. The van der Waals surface area contributed by atoms with Crippen molar-refractivity contribution in [1.82, 2.24) is 10.2 Å². The molecule has 1 aliphatic heterocycles. The van der Waals surface area contributed by atoms with Crippen LogP contribution in [0.3, 0.4) is 0 Å². The molecule has 1 aromatic carbocycles. The van der Waals surface area contributed by atoms with E-state index in [1.807, 2.05) is 48.5 Å². The summed E-state index contributed by atoms with van der Waals surface area (Å²) in [5, 5.41) is 2.27. The van der Waals surface area contributed by atoms with Crippen LogP contribution in [0.25, 0.3) is 0 Å². The standard InChI is InChI=1S/C13H14N2O4.C4H11N.3C2H6/c1-9-2-3-10(19-7-6-16)8-11(9)15-5-4-12(17)14-13(15)18;1-4-5(2)3;3*1-2/h2-3,6,8H,4-5,7H2,1H3,(H,14,17,18);4H2,1-3H3;3*1-2H3. The number of imide groups is 1. The van der Waals surface area contributed by atoms with Crippen LogP contribution in [0.4, 0.5) is 10.5 Å². The van der Waals surface area contributed by atoms with Gasteiger partial charge in [0.1, 0.15) is 12.4 Å². The number of rotatable bonds is 5. The van der Waals surface area contributed by atoms with E-state index in [1.165, 1.54) is 4.90 Å². The van der Waals surface area contributed by atoms with Crippen LogP contribution in [0.15, 0.2) is 18.2 Å². The van der Waals surface area contributed by atoms with Gasteiger partial charge in [0.2, 0.25) is 5.91 Å². The molecule has 0 aliphatic carbocycles. The number of nitrogens with zero attached hydrogens (tertiary/aromatic N) is 2. The first-order chi connectivity index (χ1) is 14.4. The quantitative estimate of drug-likeness (QED) is 0.694. The number of aldehydes is 1. The van der Waals surface area contributed by atoms with E-state index < -0.39 is 6.03 Å². The second-order valence-electron chi connectivity index (χ2n) is 5.58. The lowest BCUT2D eigenvalue weighted by atomic mass is 10.1. The Morgan fingerprint density at radius 2 is 1.63 bits per heavy atom. The molecule has 1 heterocycles. The van der Waals surface area contributed by atoms with Gasteiger partial charge < -0.3 is 9.64 Å². The summed E-state index contributed by atoms with van der Waals surface area (Å²) in [6.45, 7) is 17.4. The van der Waals surface area contributed by atoms with Crippen molar-refractivity contribution in [3.05, 3.63) is 23.8 Å². The predicted molar refractivity (Wildman–Crippen MR) is 127 cm³/mol. The number of carbonyl (C=O) groups excluding carboxylic acids is 3. The summed E-state index contributed by atoms with van der Waals surface area (Å²) in [6, 6.07) is 4.79. The van der Waals surface area contributed by atoms with Crippen LogP contribution < -0.4 is 15.0 Å². The van der Waals surface area contributed by atoms with Crippen molar-refractivity contribution in [2.24, 2.45) is 0 Å². The number of hydrogen-bond acceptors (Lipinski definition) is 5. The zero-order valence-electron chi connectivity index (χ0n) is 20.7.